The lowest BCUT2D eigenvalue weighted by atomic mass is 9.77. The van der Waals surface area contributed by atoms with E-state index in [9.17, 15) is 4.79 Å². The van der Waals surface area contributed by atoms with Crippen molar-refractivity contribution in [3.8, 4) is 0 Å². The predicted octanol–water partition coefficient (Wildman–Crippen LogP) is 5.68. The van der Waals surface area contributed by atoms with Gasteiger partial charge in [-0.3, -0.25) is 4.79 Å². The third-order valence-corrected chi connectivity index (χ3v) is 7.98. The molecule has 6 heteroatoms. The van der Waals surface area contributed by atoms with Crippen molar-refractivity contribution in [2.75, 3.05) is 6.54 Å². The minimum absolute atomic E-state index is 0.0590. The van der Waals surface area contributed by atoms with E-state index < -0.39 is 0 Å². The topological polar surface area (TPSA) is 32.3 Å². The molecule has 142 valence electrons. The van der Waals surface area contributed by atoms with E-state index in [-0.39, 0.29) is 24.0 Å². The highest BCUT2D eigenvalue weighted by atomic mass is 127. The molecule has 0 amide bonds. The van der Waals surface area contributed by atoms with Crippen molar-refractivity contribution < 1.29 is 4.79 Å². The number of carbonyl (C=O) groups excluding carboxylic acids is 1. The Morgan fingerprint density at radius 1 is 1.19 bits per heavy atom. The van der Waals surface area contributed by atoms with Gasteiger partial charge in [-0.15, -0.1) is 0 Å². The van der Waals surface area contributed by atoms with Gasteiger partial charge in [0.15, 0.2) is 0 Å². The van der Waals surface area contributed by atoms with E-state index in [4.69, 9.17) is 11.6 Å². The Balaban J connectivity index is 1.61. The van der Waals surface area contributed by atoms with Gasteiger partial charge in [-0.25, -0.2) is 4.31 Å². The van der Waals surface area contributed by atoms with Crippen LogP contribution in [-0.2, 0) is 4.79 Å². The summed E-state index contributed by atoms with van der Waals surface area (Å²) in [5, 5.41) is 4.56. The monoisotopic (exact) mass is 512 g/mol. The quantitative estimate of drug-likeness (QED) is 0.423. The molecule has 2 fully saturated rings. The van der Waals surface area contributed by atoms with Gasteiger partial charge >= 0.3 is 0 Å². The number of piperidine rings is 2. The van der Waals surface area contributed by atoms with Crippen LogP contribution in [0.1, 0.15) is 41.6 Å². The molecule has 2 unspecified atom stereocenters. The highest BCUT2D eigenvalue weighted by molar-refractivity contribution is 14.2. The van der Waals surface area contributed by atoms with Gasteiger partial charge in [0, 0.05) is 63.2 Å². The first-order chi connectivity index (χ1) is 13.0. The smallest absolute Gasteiger partial charge is 0.140 e. The van der Waals surface area contributed by atoms with Crippen LogP contribution in [0.5, 0.6) is 0 Å². The van der Waals surface area contributed by atoms with Crippen LogP contribution >= 0.6 is 41.9 Å². The van der Waals surface area contributed by atoms with E-state index in [1.54, 1.807) is 9.12 Å². The van der Waals surface area contributed by atoms with Gasteiger partial charge in [0.05, 0.1) is 0 Å². The van der Waals surface area contributed by atoms with Crippen molar-refractivity contribution in [3.05, 3.63) is 70.2 Å². The van der Waals surface area contributed by atoms with Crippen molar-refractivity contribution in [2.24, 2.45) is 5.92 Å². The number of fused-ring (bicyclic) bond motifs is 1. The van der Waals surface area contributed by atoms with E-state index in [0.717, 1.165) is 18.0 Å². The molecule has 0 bridgehead atoms. The molecule has 2 saturated heterocycles. The van der Waals surface area contributed by atoms with Crippen LogP contribution < -0.4 is 5.32 Å². The van der Waals surface area contributed by atoms with Gasteiger partial charge < -0.3 is 5.32 Å². The molecule has 2 heterocycles. The molecule has 4 rings (SSSR count). The molecule has 0 radical (unpaired) electrons. The SMILES string of the molecule is Cc1cc(Cl)cc(C2C[C@@H]3NC(c4ccccc4)CC(=O)[C@@H]3CN2SI)c1. The largest absolute Gasteiger partial charge is 0.306 e. The zero-order valence-corrected chi connectivity index (χ0v) is 18.8. The molecule has 2 aromatic rings. The summed E-state index contributed by atoms with van der Waals surface area (Å²) < 4.78 is 2.34. The fraction of sp³-hybridized carbons (Fsp3) is 0.381. The zero-order chi connectivity index (χ0) is 19.0. The Bertz CT molecular complexity index is 814. The highest BCUT2D eigenvalue weighted by Crippen LogP contribution is 2.44. The van der Waals surface area contributed by atoms with Crippen molar-refractivity contribution in [3.63, 3.8) is 0 Å². The van der Waals surface area contributed by atoms with Crippen LogP contribution in [-0.4, -0.2) is 22.7 Å². The number of nitrogens with one attached hydrogen (secondary N) is 1. The molecule has 0 spiro atoms. The normalized spacial score (nSPS) is 28.8. The predicted molar refractivity (Wildman–Crippen MR) is 121 cm³/mol. The maximum atomic E-state index is 12.9. The number of hydrogen-bond donors (Lipinski definition) is 1. The van der Waals surface area contributed by atoms with Crippen LogP contribution in [0, 0.1) is 12.8 Å². The number of nitrogens with zero attached hydrogens (tertiary/aromatic N) is 1. The lowest BCUT2D eigenvalue weighted by molar-refractivity contribution is -0.128. The average Bonchev–Trinajstić information content (AvgIpc) is 2.67. The third kappa shape index (κ3) is 4.22. The van der Waals surface area contributed by atoms with Gasteiger partial charge in [0.1, 0.15) is 5.78 Å². The van der Waals surface area contributed by atoms with Crippen molar-refractivity contribution in [1.82, 2.24) is 9.62 Å². The molecule has 0 aliphatic carbocycles. The molecule has 0 aromatic heterocycles. The number of halogens is 2. The molecule has 27 heavy (non-hydrogen) atoms. The average molecular weight is 513 g/mol. The van der Waals surface area contributed by atoms with Crippen molar-refractivity contribution >= 4 is 47.7 Å². The fourth-order valence-corrected chi connectivity index (χ4v) is 6.51. The molecule has 2 aromatic carbocycles. The summed E-state index contributed by atoms with van der Waals surface area (Å²) in [7, 11) is 1.70. The fourth-order valence-electron chi connectivity index (χ4n) is 4.39. The number of aryl methyl sites for hydroxylation is 1. The van der Waals surface area contributed by atoms with E-state index in [2.05, 4.69) is 62.0 Å². The lowest BCUT2D eigenvalue weighted by Crippen LogP contribution is -2.56. The molecule has 2 aliphatic heterocycles. The summed E-state index contributed by atoms with van der Waals surface area (Å²) >= 11 is 8.66. The van der Waals surface area contributed by atoms with Gasteiger partial charge in [-0.2, -0.15) is 0 Å². The molecule has 3 nitrogen and oxygen atoms in total. The maximum absolute atomic E-state index is 12.9. The number of rotatable bonds is 3. The first-order valence-electron chi connectivity index (χ1n) is 9.21. The second kappa shape index (κ2) is 8.41. The van der Waals surface area contributed by atoms with E-state index in [1.165, 1.54) is 16.7 Å². The summed E-state index contributed by atoms with van der Waals surface area (Å²) in [4.78, 5) is 12.9. The zero-order valence-electron chi connectivity index (χ0n) is 15.1. The summed E-state index contributed by atoms with van der Waals surface area (Å²) in [5.74, 6) is 0.438. The Hall–Kier alpha value is -0.600. The Kier molecular flexibility index (Phi) is 6.14. The van der Waals surface area contributed by atoms with E-state index in [1.807, 2.05) is 24.3 Å². The summed E-state index contributed by atoms with van der Waals surface area (Å²) in [6, 6.07) is 17.2. The number of ketones is 1. The summed E-state index contributed by atoms with van der Waals surface area (Å²) in [5.41, 5.74) is 3.61. The van der Waals surface area contributed by atoms with Crippen LogP contribution in [0.2, 0.25) is 5.02 Å². The minimum atomic E-state index is 0.0590. The minimum Gasteiger partial charge on any atom is -0.306 e. The van der Waals surface area contributed by atoms with Gasteiger partial charge in [0.25, 0.3) is 0 Å². The van der Waals surface area contributed by atoms with Crippen LogP contribution in [0.25, 0.3) is 0 Å². The maximum Gasteiger partial charge on any atom is 0.140 e. The number of benzene rings is 2. The first kappa shape index (κ1) is 19.7. The van der Waals surface area contributed by atoms with Crippen molar-refractivity contribution in [2.45, 2.75) is 37.9 Å². The summed E-state index contributed by atoms with van der Waals surface area (Å²) in [6.07, 6.45) is 1.49. The van der Waals surface area contributed by atoms with Crippen LogP contribution in [0.15, 0.2) is 48.5 Å². The molecule has 1 N–H and O–H groups in total. The van der Waals surface area contributed by atoms with Gasteiger partial charge in [-0.05, 0) is 51.3 Å². The Morgan fingerprint density at radius 3 is 2.67 bits per heavy atom. The Morgan fingerprint density at radius 2 is 1.96 bits per heavy atom. The number of Topliss-reactive ketones (excluding diaryl/α,β-unsaturated/α-hetero) is 1. The van der Waals surface area contributed by atoms with Crippen LogP contribution in [0.4, 0.5) is 0 Å². The number of hydrogen-bond acceptors (Lipinski definition) is 4. The van der Waals surface area contributed by atoms with Gasteiger partial charge in [-0.1, -0.05) is 48.0 Å². The van der Waals surface area contributed by atoms with Crippen LogP contribution in [0.3, 0.4) is 0 Å². The van der Waals surface area contributed by atoms with Gasteiger partial charge in [0.2, 0.25) is 0 Å². The summed E-state index contributed by atoms with van der Waals surface area (Å²) in [6.45, 7) is 2.86. The van der Waals surface area contributed by atoms with Crippen molar-refractivity contribution in [1.29, 1.82) is 0 Å². The molecule has 0 saturated carbocycles. The molecule has 2 aliphatic rings. The Labute approximate surface area is 182 Å². The lowest BCUT2D eigenvalue weighted by Gasteiger charge is -2.46. The number of carbonyl (C=O) groups is 1. The highest BCUT2D eigenvalue weighted by Gasteiger charge is 2.44. The second-order valence-electron chi connectivity index (χ2n) is 7.50. The first-order valence-corrected chi connectivity index (χ1v) is 12.9. The molecule has 4 atom stereocenters. The molecular weight excluding hydrogens is 491 g/mol. The standard InChI is InChI=1S/C21H22ClIN2OS/c1-13-7-15(9-16(22)8-13)20-10-19-17(12-25(20)27-23)21(26)11-18(24-19)14-5-3-2-4-6-14/h2-9,17-20,24H,10-12H2,1H3/t17-,18?,19+,20?/m1/s1. The molecular formula is C21H22ClIN2OS. The second-order valence-corrected chi connectivity index (χ2v) is 9.72. The third-order valence-electron chi connectivity index (χ3n) is 5.66. The van der Waals surface area contributed by atoms with E-state index >= 15 is 0 Å². The van der Waals surface area contributed by atoms with E-state index in [0.29, 0.717) is 12.2 Å².